The summed E-state index contributed by atoms with van der Waals surface area (Å²) in [5.41, 5.74) is -6.04. The number of carbonyl (C=O) groups is 2. The SMILES string of the molecule is COC(=O)c1ccc(OS(=O)(=O)C(F)(F)F)c(C(=O)OCc2ccccc2)c1. The smallest absolute Gasteiger partial charge is 0.465 e. The van der Waals surface area contributed by atoms with E-state index >= 15 is 0 Å². The van der Waals surface area contributed by atoms with Crippen LogP contribution in [0.1, 0.15) is 26.3 Å². The Bertz CT molecular complexity index is 970. The topological polar surface area (TPSA) is 96.0 Å². The summed E-state index contributed by atoms with van der Waals surface area (Å²) >= 11 is 0. The highest BCUT2D eigenvalue weighted by atomic mass is 32.2. The Hall–Kier alpha value is -3.08. The van der Waals surface area contributed by atoms with Crippen LogP contribution in [0.4, 0.5) is 13.2 Å². The molecule has 0 saturated heterocycles. The Morgan fingerprint density at radius 1 is 1.00 bits per heavy atom. The molecule has 0 unspecified atom stereocenters. The standard InChI is InChI=1S/C17H13F3O7S/c1-25-15(21)12-7-8-14(27-28(23,24)17(18,19)20)13(9-12)16(22)26-10-11-5-3-2-4-6-11/h2-9H,10H2,1H3. The van der Waals surface area contributed by atoms with Crippen LogP contribution in [-0.4, -0.2) is 33.0 Å². The molecular weight excluding hydrogens is 405 g/mol. The number of halogens is 3. The predicted octanol–water partition coefficient (Wildman–Crippen LogP) is 3.06. The Morgan fingerprint density at radius 3 is 2.21 bits per heavy atom. The van der Waals surface area contributed by atoms with E-state index in [-0.39, 0.29) is 12.2 Å². The third-order valence-electron chi connectivity index (χ3n) is 3.32. The second-order valence-corrected chi connectivity index (χ2v) is 6.79. The Balaban J connectivity index is 2.37. The molecule has 0 saturated carbocycles. The normalized spacial score (nSPS) is 11.6. The molecular formula is C17H13F3O7S. The van der Waals surface area contributed by atoms with Crippen molar-refractivity contribution in [3.8, 4) is 5.75 Å². The molecule has 0 radical (unpaired) electrons. The number of esters is 2. The number of benzene rings is 2. The van der Waals surface area contributed by atoms with Crippen LogP contribution in [0.3, 0.4) is 0 Å². The van der Waals surface area contributed by atoms with Gasteiger partial charge in [-0.25, -0.2) is 9.59 Å². The molecule has 0 aromatic heterocycles. The number of hydrogen-bond acceptors (Lipinski definition) is 7. The highest BCUT2D eigenvalue weighted by Crippen LogP contribution is 2.30. The molecule has 0 heterocycles. The van der Waals surface area contributed by atoms with Crippen molar-refractivity contribution in [2.24, 2.45) is 0 Å². The van der Waals surface area contributed by atoms with Gasteiger partial charge in [-0.3, -0.25) is 0 Å². The first kappa shape index (κ1) is 21.2. The van der Waals surface area contributed by atoms with E-state index in [0.717, 1.165) is 25.3 Å². The van der Waals surface area contributed by atoms with Crippen molar-refractivity contribution in [3.05, 3.63) is 65.2 Å². The lowest BCUT2D eigenvalue weighted by Gasteiger charge is -2.13. The van der Waals surface area contributed by atoms with E-state index in [1.54, 1.807) is 30.3 Å². The summed E-state index contributed by atoms with van der Waals surface area (Å²) in [5.74, 6) is -3.03. The van der Waals surface area contributed by atoms with Gasteiger partial charge in [0.05, 0.1) is 12.7 Å². The van der Waals surface area contributed by atoms with Gasteiger partial charge in [0.15, 0.2) is 5.75 Å². The third kappa shape index (κ3) is 5.00. The molecule has 0 N–H and O–H groups in total. The maximum Gasteiger partial charge on any atom is 0.534 e. The average molecular weight is 418 g/mol. The quantitative estimate of drug-likeness (QED) is 0.404. The number of rotatable bonds is 6. The van der Waals surface area contributed by atoms with Gasteiger partial charge >= 0.3 is 27.6 Å². The summed E-state index contributed by atoms with van der Waals surface area (Å²) in [5, 5.41) is 0. The second-order valence-electron chi connectivity index (χ2n) is 5.25. The van der Waals surface area contributed by atoms with Crippen LogP contribution >= 0.6 is 0 Å². The van der Waals surface area contributed by atoms with Crippen LogP contribution in [0.2, 0.25) is 0 Å². The van der Waals surface area contributed by atoms with Crippen molar-refractivity contribution in [3.63, 3.8) is 0 Å². The summed E-state index contributed by atoms with van der Waals surface area (Å²) in [7, 11) is -4.99. The van der Waals surface area contributed by atoms with E-state index in [2.05, 4.69) is 8.92 Å². The van der Waals surface area contributed by atoms with E-state index in [4.69, 9.17) is 4.74 Å². The minimum Gasteiger partial charge on any atom is -0.465 e. The zero-order chi connectivity index (χ0) is 20.9. The van der Waals surface area contributed by atoms with Gasteiger partial charge in [0.1, 0.15) is 12.2 Å². The van der Waals surface area contributed by atoms with E-state index in [1.165, 1.54) is 0 Å². The lowest BCUT2D eigenvalue weighted by molar-refractivity contribution is -0.0500. The van der Waals surface area contributed by atoms with Crippen LogP contribution in [-0.2, 0) is 26.2 Å². The fourth-order valence-corrected chi connectivity index (χ4v) is 2.45. The van der Waals surface area contributed by atoms with Gasteiger partial charge in [0.25, 0.3) is 0 Å². The van der Waals surface area contributed by atoms with Gasteiger partial charge in [-0.15, -0.1) is 0 Å². The van der Waals surface area contributed by atoms with Gasteiger partial charge in [0, 0.05) is 0 Å². The number of ether oxygens (including phenoxy) is 2. The Morgan fingerprint density at radius 2 is 1.64 bits per heavy atom. The maximum absolute atomic E-state index is 12.6. The zero-order valence-electron chi connectivity index (χ0n) is 14.2. The highest BCUT2D eigenvalue weighted by Gasteiger charge is 2.49. The number of hydrogen-bond donors (Lipinski definition) is 0. The third-order valence-corrected chi connectivity index (χ3v) is 4.28. The average Bonchev–Trinajstić information content (AvgIpc) is 2.65. The van der Waals surface area contributed by atoms with Crippen molar-refractivity contribution < 1.29 is 44.8 Å². The van der Waals surface area contributed by atoms with Crippen LogP contribution < -0.4 is 4.18 Å². The van der Waals surface area contributed by atoms with Gasteiger partial charge in [-0.05, 0) is 23.8 Å². The summed E-state index contributed by atoms with van der Waals surface area (Å²) in [6, 6.07) is 10.8. The lowest BCUT2D eigenvalue weighted by Crippen LogP contribution is -2.28. The first-order valence-corrected chi connectivity index (χ1v) is 8.90. The largest absolute Gasteiger partial charge is 0.534 e. The highest BCUT2D eigenvalue weighted by molar-refractivity contribution is 7.88. The minimum atomic E-state index is -6.04. The number of methoxy groups -OCH3 is 1. The summed E-state index contributed by atoms with van der Waals surface area (Å²) in [4.78, 5) is 23.9. The molecule has 0 atom stereocenters. The van der Waals surface area contributed by atoms with Crippen molar-refractivity contribution in [1.82, 2.24) is 0 Å². The van der Waals surface area contributed by atoms with Crippen molar-refractivity contribution in [2.75, 3.05) is 7.11 Å². The fourth-order valence-electron chi connectivity index (χ4n) is 1.97. The van der Waals surface area contributed by atoms with Crippen LogP contribution in [0.15, 0.2) is 48.5 Å². The molecule has 2 aromatic carbocycles. The lowest BCUT2D eigenvalue weighted by atomic mass is 10.1. The number of carbonyl (C=O) groups excluding carboxylic acids is 2. The molecule has 0 aliphatic carbocycles. The number of alkyl halides is 3. The van der Waals surface area contributed by atoms with Gasteiger partial charge < -0.3 is 13.7 Å². The molecule has 2 aromatic rings. The fraction of sp³-hybridized carbons (Fsp3) is 0.176. The van der Waals surface area contributed by atoms with Gasteiger partial charge in [-0.2, -0.15) is 21.6 Å². The van der Waals surface area contributed by atoms with Crippen molar-refractivity contribution in [2.45, 2.75) is 12.1 Å². The minimum absolute atomic E-state index is 0.217. The van der Waals surface area contributed by atoms with Gasteiger partial charge in [0.2, 0.25) is 0 Å². The molecule has 0 fully saturated rings. The van der Waals surface area contributed by atoms with Crippen LogP contribution in [0, 0.1) is 0 Å². The summed E-state index contributed by atoms with van der Waals surface area (Å²) < 4.78 is 73.7. The molecule has 0 bridgehead atoms. The summed E-state index contributed by atoms with van der Waals surface area (Å²) in [6.07, 6.45) is 0. The molecule has 11 heteroatoms. The summed E-state index contributed by atoms with van der Waals surface area (Å²) in [6.45, 7) is -0.242. The molecule has 150 valence electrons. The van der Waals surface area contributed by atoms with E-state index < -0.39 is 38.9 Å². The molecule has 28 heavy (non-hydrogen) atoms. The maximum atomic E-state index is 12.6. The van der Waals surface area contributed by atoms with E-state index in [1.807, 2.05) is 0 Å². The van der Waals surface area contributed by atoms with Crippen LogP contribution in [0.5, 0.6) is 5.75 Å². The molecule has 2 rings (SSSR count). The van der Waals surface area contributed by atoms with E-state index in [9.17, 15) is 31.2 Å². The zero-order valence-corrected chi connectivity index (χ0v) is 15.0. The van der Waals surface area contributed by atoms with Gasteiger partial charge in [-0.1, -0.05) is 30.3 Å². The second kappa shape index (κ2) is 8.30. The van der Waals surface area contributed by atoms with Crippen LogP contribution in [0.25, 0.3) is 0 Å². The molecule has 0 aliphatic heterocycles. The Labute approximate surface area is 157 Å². The first-order valence-electron chi connectivity index (χ1n) is 7.49. The Kier molecular flexibility index (Phi) is 6.29. The predicted molar refractivity (Wildman–Crippen MR) is 88.9 cm³/mol. The molecule has 0 spiro atoms. The monoisotopic (exact) mass is 418 g/mol. The van der Waals surface area contributed by atoms with E-state index in [0.29, 0.717) is 5.56 Å². The van der Waals surface area contributed by atoms with Crippen molar-refractivity contribution >= 4 is 22.1 Å². The molecule has 0 amide bonds. The molecule has 0 aliphatic rings. The first-order chi connectivity index (χ1) is 13.0. The van der Waals surface area contributed by atoms with Crippen molar-refractivity contribution in [1.29, 1.82) is 0 Å². The molecule has 7 nitrogen and oxygen atoms in total.